The minimum atomic E-state index is 0.304. The smallest absolute Gasteiger partial charge is 0.227 e. The van der Waals surface area contributed by atoms with Crippen LogP contribution in [0.15, 0.2) is 28.7 Å². The van der Waals surface area contributed by atoms with Crippen LogP contribution in [0.3, 0.4) is 0 Å². The molecule has 1 aliphatic heterocycles. The van der Waals surface area contributed by atoms with Gasteiger partial charge in [-0.05, 0) is 62.4 Å². The number of hydrogen-bond donors (Lipinski definition) is 1. The standard InChI is InChI=1S/C17H23BrN2O/c18-15-3-1-13(2-4-15)11-17(21)20(16-5-6-16)12-14-7-9-19-10-8-14/h1-4,14,16,19H,5-12H2. The van der Waals surface area contributed by atoms with Gasteiger partial charge in [0.2, 0.25) is 5.91 Å². The molecule has 2 aliphatic rings. The molecule has 3 nitrogen and oxygen atoms in total. The molecule has 4 heteroatoms. The molecule has 0 unspecified atom stereocenters. The van der Waals surface area contributed by atoms with Crippen LogP contribution in [0.5, 0.6) is 0 Å². The van der Waals surface area contributed by atoms with E-state index in [4.69, 9.17) is 0 Å². The Morgan fingerprint density at radius 2 is 1.81 bits per heavy atom. The molecule has 0 atom stereocenters. The Morgan fingerprint density at radius 1 is 1.14 bits per heavy atom. The average molecular weight is 351 g/mol. The molecular weight excluding hydrogens is 328 g/mol. The van der Waals surface area contributed by atoms with Crippen molar-refractivity contribution in [3.8, 4) is 0 Å². The van der Waals surface area contributed by atoms with Crippen molar-refractivity contribution in [1.82, 2.24) is 10.2 Å². The maximum atomic E-state index is 12.7. The minimum Gasteiger partial charge on any atom is -0.339 e. The first-order valence-corrected chi connectivity index (χ1v) is 8.76. The number of piperidine rings is 1. The molecule has 0 radical (unpaired) electrons. The van der Waals surface area contributed by atoms with Crippen LogP contribution in [0.2, 0.25) is 0 Å². The molecule has 1 saturated heterocycles. The topological polar surface area (TPSA) is 32.3 Å². The van der Waals surface area contributed by atoms with Crippen LogP contribution in [0.1, 0.15) is 31.2 Å². The van der Waals surface area contributed by atoms with Gasteiger partial charge in [0.05, 0.1) is 6.42 Å². The molecule has 1 aromatic carbocycles. The highest BCUT2D eigenvalue weighted by atomic mass is 79.9. The Balaban J connectivity index is 1.60. The van der Waals surface area contributed by atoms with Gasteiger partial charge in [0.25, 0.3) is 0 Å². The zero-order valence-corrected chi connectivity index (χ0v) is 13.9. The Hall–Kier alpha value is -0.870. The number of benzene rings is 1. The lowest BCUT2D eigenvalue weighted by Crippen LogP contribution is -2.41. The second-order valence-corrected chi connectivity index (χ2v) is 7.19. The molecule has 0 bridgehead atoms. The largest absolute Gasteiger partial charge is 0.339 e. The summed E-state index contributed by atoms with van der Waals surface area (Å²) in [4.78, 5) is 14.8. The first-order valence-electron chi connectivity index (χ1n) is 7.97. The Kier molecular flexibility index (Phi) is 4.96. The van der Waals surface area contributed by atoms with E-state index in [9.17, 15) is 4.79 Å². The van der Waals surface area contributed by atoms with Crippen LogP contribution in [0.4, 0.5) is 0 Å². The second kappa shape index (κ2) is 6.93. The van der Waals surface area contributed by atoms with Gasteiger partial charge >= 0.3 is 0 Å². The van der Waals surface area contributed by atoms with Gasteiger partial charge in [-0.15, -0.1) is 0 Å². The third-order valence-electron chi connectivity index (χ3n) is 4.49. The molecule has 1 aromatic rings. The Bertz CT molecular complexity index is 478. The van der Waals surface area contributed by atoms with Crippen molar-refractivity contribution < 1.29 is 4.79 Å². The Morgan fingerprint density at radius 3 is 2.43 bits per heavy atom. The minimum absolute atomic E-state index is 0.304. The van der Waals surface area contributed by atoms with Crippen LogP contribution in [0.25, 0.3) is 0 Å². The van der Waals surface area contributed by atoms with Gasteiger partial charge in [-0.1, -0.05) is 28.1 Å². The summed E-state index contributed by atoms with van der Waals surface area (Å²) in [6, 6.07) is 8.62. The van der Waals surface area contributed by atoms with Gasteiger partial charge < -0.3 is 10.2 Å². The SMILES string of the molecule is O=C(Cc1ccc(Br)cc1)N(CC1CCNCC1)C1CC1. The van der Waals surface area contributed by atoms with E-state index in [1.54, 1.807) is 0 Å². The van der Waals surface area contributed by atoms with Gasteiger partial charge in [-0.25, -0.2) is 0 Å². The number of nitrogens with zero attached hydrogens (tertiary/aromatic N) is 1. The molecule has 21 heavy (non-hydrogen) atoms. The number of carbonyl (C=O) groups excluding carboxylic acids is 1. The molecular formula is C17H23BrN2O. The van der Waals surface area contributed by atoms with E-state index in [0.29, 0.717) is 24.3 Å². The van der Waals surface area contributed by atoms with E-state index in [-0.39, 0.29) is 0 Å². The molecule has 1 heterocycles. The summed E-state index contributed by atoms with van der Waals surface area (Å²) in [6.07, 6.45) is 5.33. The number of halogens is 1. The summed E-state index contributed by atoms with van der Waals surface area (Å²) in [5, 5.41) is 3.40. The summed E-state index contributed by atoms with van der Waals surface area (Å²) in [6.45, 7) is 3.16. The van der Waals surface area contributed by atoms with Crippen molar-refractivity contribution in [3.05, 3.63) is 34.3 Å². The average Bonchev–Trinajstić information content (AvgIpc) is 3.33. The van der Waals surface area contributed by atoms with Crippen molar-refractivity contribution in [2.24, 2.45) is 5.92 Å². The van der Waals surface area contributed by atoms with E-state index < -0.39 is 0 Å². The van der Waals surface area contributed by atoms with E-state index in [2.05, 4.69) is 26.1 Å². The number of carbonyl (C=O) groups is 1. The fourth-order valence-corrected chi connectivity index (χ4v) is 3.33. The molecule has 1 aliphatic carbocycles. The van der Waals surface area contributed by atoms with Crippen LogP contribution in [0, 0.1) is 5.92 Å². The van der Waals surface area contributed by atoms with Crippen molar-refractivity contribution in [2.45, 2.75) is 38.1 Å². The fraction of sp³-hybridized carbons (Fsp3) is 0.588. The van der Waals surface area contributed by atoms with E-state index >= 15 is 0 Å². The van der Waals surface area contributed by atoms with Gasteiger partial charge in [0.1, 0.15) is 0 Å². The predicted octanol–water partition coefficient (Wildman–Crippen LogP) is 2.98. The quantitative estimate of drug-likeness (QED) is 0.885. The number of rotatable bonds is 5. The maximum absolute atomic E-state index is 12.7. The lowest BCUT2D eigenvalue weighted by molar-refractivity contribution is -0.131. The summed E-state index contributed by atoms with van der Waals surface area (Å²) in [5.74, 6) is 0.985. The summed E-state index contributed by atoms with van der Waals surface area (Å²) >= 11 is 3.44. The molecule has 114 valence electrons. The highest BCUT2D eigenvalue weighted by molar-refractivity contribution is 9.10. The number of hydrogen-bond acceptors (Lipinski definition) is 2. The first-order chi connectivity index (χ1) is 10.2. The molecule has 0 aromatic heterocycles. The molecule has 1 amide bonds. The normalized spacial score (nSPS) is 19.5. The molecule has 0 spiro atoms. The van der Waals surface area contributed by atoms with E-state index in [1.807, 2.05) is 24.3 Å². The van der Waals surface area contributed by atoms with Crippen molar-refractivity contribution in [3.63, 3.8) is 0 Å². The van der Waals surface area contributed by atoms with Crippen LogP contribution < -0.4 is 5.32 Å². The van der Waals surface area contributed by atoms with E-state index in [1.165, 1.54) is 25.7 Å². The zero-order chi connectivity index (χ0) is 14.7. The zero-order valence-electron chi connectivity index (χ0n) is 12.4. The van der Waals surface area contributed by atoms with Crippen LogP contribution in [-0.4, -0.2) is 36.5 Å². The van der Waals surface area contributed by atoms with Gasteiger partial charge in [0, 0.05) is 17.1 Å². The van der Waals surface area contributed by atoms with Crippen molar-refractivity contribution >= 4 is 21.8 Å². The first kappa shape index (κ1) is 15.0. The summed E-state index contributed by atoms with van der Waals surface area (Å²) < 4.78 is 1.06. The second-order valence-electron chi connectivity index (χ2n) is 6.27. The van der Waals surface area contributed by atoms with E-state index in [0.717, 1.165) is 29.7 Å². The van der Waals surface area contributed by atoms with Crippen LogP contribution >= 0.6 is 15.9 Å². The molecule has 3 rings (SSSR count). The summed E-state index contributed by atoms with van der Waals surface area (Å²) in [5.41, 5.74) is 1.11. The molecule has 1 N–H and O–H groups in total. The molecule has 2 fully saturated rings. The highest BCUT2D eigenvalue weighted by Crippen LogP contribution is 2.29. The highest BCUT2D eigenvalue weighted by Gasteiger charge is 2.33. The lowest BCUT2D eigenvalue weighted by atomic mass is 9.97. The third-order valence-corrected chi connectivity index (χ3v) is 5.02. The maximum Gasteiger partial charge on any atom is 0.227 e. The third kappa shape index (κ3) is 4.30. The van der Waals surface area contributed by atoms with Gasteiger partial charge in [0.15, 0.2) is 0 Å². The lowest BCUT2D eigenvalue weighted by Gasteiger charge is -2.30. The van der Waals surface area contributed by atoms with Crippen LogP contribution in [-0.2, 0) is 11.2 Å². The van der Waals surface area contributed by atoms with Crippen molar-refractivity contribution in [2.75, 3.05) is 19.6 Å². The summed E-state index contributed by atoms with van der Waals surface area (Å²) in [7, 11) is 0. The van der Waals surface area contributed by atoms with Gasteiger partial charge in [-0.2, -0.15) is 0 Å². The monoisotopic (exact) mass is 350 g/mol. The molecule has 1 saturated carbocycles. The fourth-order valence-electron chi connectivity index (χ4n) is 3.06. The Labute approximate surface area is 135 Å². The van der Waals surface area contributed by atoms with Crippen molar-refractivity contribution in [1.29, 1.82) is 0 Å². The van der Waals surface area contributed by atoms with Gasteiger partial charge in [-0.3, -0.25) is 4.79 Å². The predicted molar refractivity (Wildman–Crippen MR) is 88.2 cm³/mol. The number of nitrogens with one attached hydrogen (secondary N) is 1. The number of amides is 1.